The van der Waals surface area contributed by atoms with Crippen LogP contribution in [0.4, 0.5) is 0 Å². The van der Waals surface area contributed by atoms with Crippen LogP contribution in [0, 0.1) is 13.8 Å². The Morgan fingerprint density at radius 2 is 1.71 bits per heavy atom. The van der Waals surface area contributed by atoms with Crippen molar-refractivity contribution in [3.05, 3.63) is 70.3 Å². The van der Waals surface area contributed by atoms with Gasteiger partial charge in [-0.3, -0.25) is 9.59 Å². The zero-order chi connectivity index (χ0) is 25.5. The van der Waals surface area contributed by atoms with Crippen LogP contribution < -0.4 is 4.74 Å². The maximum atomic E-state index is 13.2. The monoisotopic (exact) mass is 478 g/mol. The highest BCUT2D eigenvalue weighted by molar-refractivity contribution is 6.46. The summed E-state index contributed by atoms with van der Waals surface area (Å²) in [6, 6.07) is 12.5. The number of carbonyl (C=O) groups is 2. The molecule has 1 aliphatic heterocycles. The molecule has 1 N–H and O–H groups in total. The van der Waals surface area contributed by atoms with Gasteiger partial charge in [0, 0.05) is 18.7 Å². The number of likely N-dealkylation sites (N-methyl/N-ethyl adjacent to an activating group) is 1. The summed E-state index contributed by atoms with van der Waals surface area (Å²) in [5.41, 5.74) is 3.41. The Labute approximate surface area is 209 Å². The van der Waals surface area contributed by atoms with Crippen molar-refractivity contribution in [2.45, 2.75) is 53.5 Å². The Morgan fingerprint density at radius 1 is 1.03 bits per heavy atom. The minimum Gasteiger partial charge on any atom is -0.507 e. The van der Waals surface area contributed by atoms with E-state index in [2.05, 4.69) is 25.7 Å². The smallest absolute Gasteiger partial charge is 0.295 e. The first-order valence-electron chi connectivity index (χ1n) is 12.6. The van der Waals surface area contributed by atoms with E-state index in [0.717, 1.165) is 48.4 Å². The first-order valence-corrected chi connectivity index (χ1v) is 12.6. The highest BCUT2D eigenvalue weighted by Gasteiger charge is 2.45. The summed E-state index contributed by atoms with van der Waals surface area (Å²) in [6.07, 6.45) is 2.01. The Kier molecular flexibility index (Phi) is 9.10. The normalized spacial score (nSPS) is 17.4. The van der Waals surface area contributed by atoms with Crippen molar-refractivity contribution in [2.75, 3.05) is 32.8 Å². The molecule has 35 heavy (non-hydrogen) atoms. The molecule has 188 valence electrons. The molecule has 0 bridgehead atoms. The Hall–Kier alpha value is -3.12. The average Bonchev–Trinajstić information content (AvgIpc) is 3.10. The summed E-state index contributed by atoms with van der Waals surface area (Å²) in [4.78, 5) is 30.2. The second kappa shape index (κ2) is 12.0. The Balaban J connectivity index is 2.03. The van der Waals surface area contributed by atoms with Gasteiger partial charge >= 0.3 is 0 Å². The third kappa shape index (κ3) is 5.93. The molecule has 0 aromatic heterocycles. The average molecular weight is 479 g/mol. The third-order valence-corrected chi connectivity index (χ3v) is 6.69. The Morgan fingerprint density at radius 3 is 2.31 bits per heavy atom. The van der Waals surface area contributed by atoms with Crippen LogP contribution >= 0.6 is 0 Å². The molecule has 1 atom stereocenters. The summed E-state index contributed by atoms with van der Waals surface area (Å²) >= 11 is 0. The number of ether oxygens (including phenoxy) is 1. The number of ketones is 1. The zero-order valence-electron chi connectivity index (χ0n) is 21.6. The van der Waals surface area contributed by atoms with Crippen LogP contribution in [0.5, 0.6) is 5.75 Å². The molecule has 1 fully saturated rings. The second-order valence-corrected chi connectivity index (χ2v) is 9.11. The van der Waals surface area contributed by atoms with Gasteiger partial charge in [-0.25, -0.2) is 0 Å². The maximum Gasteiger partial charge on any atom is 0.295 e. The van der Waals surface area contributed by atoms with E-state index in [4.69, 9.17) is 4.74 Å². The van der Waals surface area contributed by atoms with E-state index in [9.17, 15) is 14.7 Å². The number of benzene rings is 2. The quantitative estimate of drug-likeness (QED) is 0.207. The largest absolute Gasteiger partial charge is 0.507 e. The Bertz CT molecular complexity index is 1070. The molecule has 3 rings (SSSR count). The van der Waals surface area contributed by atoms with Crippen LogP contribution in [0.2, 0.25) is 0 Å². The molecule has 0 spiro atoms. The minimum absolute atomic E-state index is 0.137. The fourth-order valence-electron chi connectivity index (χ4n) is 4.44. The van der Waals surface area contributed by atoms with E-state index in [0.29, 0.717) is 25.3 Å². The number of aliphatic hydroxyl groups excluding tert-OH is 1. The van der Waals surface area contributed by atoms with E-state index >= 15 is 0 Å². The van der Waals surface area contributed by atoms with Gasteiger partial charge in [-0.05, 0) is 62.7 Å². The molecule has 2 aromatic carbocycles. The highest BCUT2D eigenvalue weighted by atomic mass is 16.5. The number of aliphatic hydroxyl groups is 1. The number of Topliss-reactive ketones (excluding diaryl/α,β-unsaturated/α-hetero) is 1. The summed E-state index contributed by atoms with van der Waals surface area (Å²) < 4.78 is 5.84. The molecule has 0 unspecified atom stereocenters. The molecule has 1 amide bonds. The molecule has 6 heteroatoms. The van der Waals surface area contributed by atoms with Crippen molar-refractivity contribution in [3.8, 4) is 5.75 Å². The maximum absolute atomic E-state index is 13.2. The molecule has 1 aliphatic rings. The minimum atomic E-state index is -0.645. The van der Waals surface area contributed by atoms with E-state index in [1.807, 2.05) is 50.2 Å². The van der Waals surface area contributed by atoms with Crippen molar-refractivity contribution in [1.29, 1.82) is 0 Å². The van der Waals surface area contributed by atoms with Gasteiger partial charge in [-0.2, -0.15) is 0 Å². The van der Waals surface area contributed by atoms with Gasteiger partial charge in [0.2, 0.25) is 0 Å². The van der Waals surface area contributed by atoms with Gasteiger partial charge in [0.1, 0.15) is 11.5 Å². The van der Waals surface area contributed by atoms with Crippen LogP contribution in [-0.4, -0.2) is 59.4 Å². The number of rotatable bonds is 11. The lowest BCUT2D eigenvalue weighted by atomic mass is 9.94. The highest BCUT2D eigenvalue weighted by Crippen LogP contribution is 2.39. The van der Waals surface area contributed by atoms with Gasteiger partial charge in [0.05, 0.1) is 18.2 Å². The molecule has 0 saturated carbocycles. The summed E-state index contributed by atoms with van der Waals surface area (Å²) in [6.45, 7) is 13.6. The van der Waals surface area contributed by atoms with Crippen molar-refractivity contribution in [3.63, 3.8) is 0 Å². The van der Waals surface area contributed by atoms with Crippen LogP contribution in [0.1, 0.15) is 61.9 Å². The third-order valence-electron chi connectivity index (χ3n) is 6.69. The van der Waals surface area contributed by atoms with E-state index in [1.165, 1.54) is 0 Å². The molecule has 1 saturated heterocycles. The molecule has 0 aliphatic carbocycles. The fraction of sp³-hybridized carbons (Fsp3) is 0.448. The second-order valence-electron chi connectivity index (χ2n) is 9.11. The first kappa shape index (κ1) is 26.5. The predicted molar refractivity (Wildman–Crippen MR) is 140 cm³/mol. The number of amides is 1. The molecular weight excluding hydrogens is 440 g/mol. The van der Waals surface area contributed by atoms with Crippen molar-refractivity contribution in [2.24, 2.45) is 0 Å². The van der Waals surface area contributed by atoms with Crippen LogP contribution in [0.3, 0.4) is 0 Å². The topological polar surface area (TPSA) is 70.1 Å². The summed E-state index contributed by atoms with van der Waals surface area (Å²) in [5, 5.41) is 11.3. The summed E-state index contributed by atoms with van der Waals surface area (Å²) in [7, 11) is 0. The van der Waals surface area contributed by atoms with E-state index in [-0.39, 0.29) is 11.3 Å². The number of hydrogen-bond acceptors (Lipinski definition) is 5. The number of unbranched alkanes of at least 4 members (excludes halogenated alkanes) is 1. The van der Waals surface area contributed by atoms with Gasteiger partial charge in [0.25, 0.3) is 11.7 Å². The van der Waals surface area contributed by atoms with Crippen molar-refractivity contribution in [1.82, 2.24) is 9.80 Å². The van der Waals surface area contributed by atoms with Gasteiger partial charge in [-0.1, -0.05) is 57.0 Å². The first-order chi connectivity index (χ1) is 16.8. The van der Waals surface area contributed by atoms with E-state index < -0.39 is 17.7 Å². The number of likely N-dealkylation sites (tertiary alicyclic amines) is 1. The van der Waals surface area contributed by atoms with Crippen LogP contribution in [-0.2, 0) is 9.59 Å². The van der Waals surface area contributed by atoms with Crippen molar-refractivity contribution < 1.29 is 19.4 Å². The predicted octanol–water partition coefficient (Wildman–Crippen LogP) is 5.25. The molecular formula is C29H38N2O4. The molecule has 6 nitrogen and oxygen atoms in total. The van der Waals surface area contributed by atoms with Gasteiger partial charge < -0.3 is 19.6 Å². The van der Waals surface area contributed by atoms with Crippen LogP contribution in [0.15, 0.2) is 48.0 Å². The lowest BCUT2D eigenvalue weighted by molar-refractivity contribution is -0.140. The standard InChI is InChI=1S/C29H38N2O4/c1-6-9-18-35-24-15-14-23(19-21(24)5)27(32)25-26(22-12-10-20(4)11-13-22)31(29(34)28(25)33)17-16-30(7-2)8-3/h10-15,19,26,32H,6-9,16-18H2,1-5H3/t26-/m0/s1. The summed E-state index contributed by atoms with van der Waals surface area (Å²) in [5.74, 6) is -0.610. The number of carbonyl (C=O) groups excluding carboxylic acids is 2. The number of nitrogens with zero attached hydrogens (tertiary/aromatic N) is 2. The fourth-order valence-corrected chi connectivity index (χ4v) is 4.44. The SMILES string of the molecule is CCCCOc1ccc(C(O)=C2C(=O)C(=O)N(CCN(CC)CC)[C@H]2c2ccc(C)cc2)cc1C. The zero-order valence-corrected chi connectivity index (χ0v) is 21.6. The number of hydrogen-bond donors (Lipinski definition) is 1. The molecule has 1 heterocycles. The van der Waals surface area contributed by atoms with Gasteiger partial charge in [0.15, 0.2) is 0 Å². The lowest BCUT2D eigenvalue weighted by Gasteiger charge is -2.28. The van der Waals surface area contributed by atoms with Crippen LogP contribution in [0.25, 0.3) is 5.76 Å². The number of aryl methyl sites for hydroxylation is 2. The van der Waals surface area contributed by atoms with Crippen molar-refractivity contribution >= 4 is 17.4 Å². The molecule has 2 aromatic rings. The van der Waals surface area contributed by atoms with E-state index in [1.54, 1.807) is 11.0 Å². The molecule has 0 radical (unpaired) electrons. The van der Waals surface area contributed by atoms with Gasteiger partial charge in [-0.15, -0.1) is 0 Å². The lowest BCUT2D eigenvalue weighted by Crippen LogP contribution is -2.38.